The average molecular weight is 402 g/mol. The molecule has 1 aromatic heterocycles. The Morgan fingerprint density at radius 1 is 1.17 bits per heavy atom. The minimum Gasteiger partial charge on any atom is -0.354 e. The summed E-state index contributed by atoms with van der Waals surface area (Å²) in [7, 11) is 0. The van der Waals surface area contributed by atoms with Crippen molar-refractivity contribution in [1.29, 1.82) is 0 Å². The van der Waals surface area contributed by atoms with Crippen molar-refractivity contribution >= 4 is 17.8 Å². The third-order valence-electron chi connectivity index (χ3n) is 7.51. The monoisotopic (exact) mass is 401 g/mol. The van der Waals surface area contributed by atoms with Crippen molar-refractivity contribution in [3.63, 3.8) is 0 Å². The van der Waals surface area contributed by atoms with E-state index in [2.05, 4.69) is 25.3 Å². The third kappa shape index (κ3) is 3.51. The van der Waals surface area contributed by atoms with Gasteiger partial charge in [-0.15, -0.1) is 0 Å². The van der Waals surface area contributed by atoms with Crippen LogP contribution in [0.3, 0.4) is 0 Å². The molecule has 29 heavy (non-hydrogen) atoms. The van der Waals surface area contributed by atoms with Crippen molar-refractivity contribution in [2.75, 3.05) is 24.5 Å². The van der Waals surface area contributed by atoms with Gasteiger partial charge in [-0.25, -0.2) is 0 Å². The number of nitrogens with zero attached hydrogens (tertiary/aromatic N) is 4. The Labute approximate surface area is 171 Å². The number of hydrogen-bond donors (Lipinski definition) is 1. The molecule has 2 bridgehead atoms. The normalized spacial score (nSPS) is 32.4. The molecule has 0 aromatic carbocycles. The largest absolute Gasteiger partial charge is 0.354 e. The fourth-order valence-corrected chi connectivity index (χ4v) is 6.16. The fourth-order valence-electron chi connectivity index (χ4n) is 6.16. The van der Waals surface area contributed by atoms with E-state index < -0.39 is 0 Å². The van der Waals surface area contributed by atoms with Crippen LogP contribution in [0, 0.1) is 24.7 Å². The Balaban J connectivity index is 1.35. The van der Waals surface area contributed by atoms with Crippen molar-refractivity contribution in [2.24, 2.45) is 17.8 Å². The zero-order valence-corrected chi connectivity index (χ0v) is 17.2. The summed E-state index contributed by atoms with van der Waals surface area (Å²) in [5.74, 6) is 2.57. The molecule has 1 saturated carbocycles. The van der Waals surface area contributed by atoms with Crippen LogP contribution in [0.4, 0.5) is 5.95 Å². The molecule has 5 rings (SSSR count). The molecule has 4 fully saturated rings. The van der Waals surface area contributed by atoms with E-state index in [0.29, 0.717) is 36.6 Å². The molecule has 0 radical (unpaired) electrons. The van der Waals surface area contributed by atoms with Gasteiger partial charge in [0.25, 0.3) is 5.95 Å². The van der Waals surface area contributed by atoms with Gasteiger partial charge in [0.15, 0.2) is 0 Å². The molecule has 8 heteroatoms. The molecular formula is C21H31N5O3. The molecule has 0 unspecified atom stereocenters. The van der Waals surface area contributed by atoms with E-state index in [9.17, 15) is 9.59 Å². The van der Waals surface area contributed by atoms with Crippen molar-refractivity contribution in [1.82, 2.24) is 20.4 Å². The SMILES string of the molecule is Cc1nc(N2C[C@H]3C[C@@H](C2)[C@H](CNC(=O)C2CCCC2)N2C(=O)CCC[C@@H]32)no1. The molecule has 158 valence electrons. The second-order valence-corrected chi connectivity index (χ2v) is 9.33. The van der Waals surface area contributed by atoms with Crippen LogP contribution in [0.15, 0.2) is 4.52 Å². The lowest BCUT2D eigenvalue weighted by Crippen LogP contribution is -2.67. The number of nitrogens with one attached hydrogen (secondary N) is 1. The number of aryl methyl sites for hydroxylation is 1. The quantitative estimate of drug-likeness (QED) is 0.828. The Morgan fingerprint density at radius 3 is 2.72 bits per heavy atom. The Bertz CT molecular complexity index is 774. The molecule has 4 atom stereocenters. The lowest BCUT2D eigenvalue weighted by atomic mass is 9.72. The molecule has 1 aliphatic carbocycles. The van der Waals surface area contributed by atoms with Crippen molar-refractivity contribution in [2.45, 2.75) is 70.4 Å². The molecular weight excluding hydrogens is 370 g/mol. The molecule has 2 amide bonds. The average Bonchev–Trinajstić information content (AvgIpc) is 3.40. The lowest BCUT2D eigenvalue weighted by Gasteiger charge is -2.56. The highest BCUT2D eigenvalue weighted by atomic mass is 16.5. The van der Waals surface area contributed by atoms with Gasteiger partial charge in [-0.1, -0.05) is 12.8 Å². The smallest absolute Gasteiger partial charge is 0.266 e. The van der Waals surface area contributed by atoms with E-state index in [1.54, 1.807) is 0 Å². The summed E-state index contributed by atoms with van der Waals surface area (Å²) in [6, 6.07) is 0.321. The summed E-state index contributed by atoms with van der Waals surface area (Å²) in [4.78, 5) is 34.3. The van der Waals surface area contributed by atoms with E-state index in [-0.39, 0.29) is 29.8 Å². The van der Waals surface area contributed by atoms with Crippen LogP contribution in [0.25, 0.3) is 0 Å². The van der Waals surface area contributed by atoms with Crippen LogP contribution in [-0.2, 0) is 9.59 Å². The van der Waals surface area contributed by atoms with Gasteiger partial charge in [0.1, 0.15) is 0 Å². The highest BCUT2D eigenvalue weighted by Crippen LogP contribution is 2.42. The number of fused-ring (bicyclic) bond motifs is 4. The van der Waals surface area contributed by atoms with Crippen molar-refractivity contribution in [3.8, 4) is 0 Å². The highest BCUT2D eigenvalue weighted by Gasteiger charge is 2.50. The molecule has 4 heterocycles. The summed E-state index contributed by atoms with van der Waals surface area (Å²) in [5.41, 5.74) is 0. The fraction of sp³-hybridized carbons (Fsp3) is 0.810. The Hall–Kier alpha value is -2.12. The summed E-state index contributed by atoms with van der Waals surface area (Å²) >= 11 is 0. The van der Waals surface area contributed by atoms with Gasteiger partial charge in [0.05, 0.1) is 6.04 Å². The molecule has 3 aliphatic heterocycles. The first kappa shape index (κ1) is 18.9. The zero-order chi connectivity index (χ0) is 20.0. The van der Waals surface area contributed by atoms with E-state index in [1.807, 2.05) is 6.92 Å². The maximum atomic E-state index is 12.9. The first-order valence-electron chi connectivity index (χ1n) is 11.2. The number of piperidine rings is 3. The summed E-state index contributed by atoms with van der Waals surface area (Å²) in [5, 5.41) is 7.34. The van der Waals surface area contributed by atoms with Gasteiger partial charge in [-0.05, 0) is 49.1 Å². The van der Waals surface area contributed by atoms with Crippen LogP contribution < -0.4 is 10.2 Å². The summed E-state index contributed by atoms with van der Waals surface area (Å²) in [6.07, 6.45) is 8.05. The second kappa shape index (κ2) is 7.61. The van der Waals surface area contributed by atoms with E-state index in [0.717, 1.165) is 58.0 Å². The van der Waals surface area contributed by atoms with Crippen molar-refractivity contribution in [3.05, 3.63) is 5.89 Å². The summed E-state index contributed by atoms with van der Waals surface area (Å²) < 4.78 is 5.20. The predicted octanol–water partition coefficient (Wildman–Crippen LogP) is 1.89. The topological polar surface area (TPSA) is 91.6 Å². The molecule has 8 nitrogen and oxygen atoms in total. The molecule has 0 spiro atoms. The third-order valence-corrected chi connectivity index (χ3v) is 7.51. The van der Waals surface area contributed by atoms with Gasteiger partial charge in [-0.3, -0.25) is 9.59 Å². The van der Waals surface area contributed by atoms with Gasteiger partial charge >= 0.3 is 0 Å². The second-order valence-electron chi connectivity index (χ2n) is 9.33. The van der Waals surface area contributed by atoms with Crippen molar-refractivity contribution < 1.29 is 14.1 Å². The van der Waals surface area contributed by atoms with Gasteiger partial charge in [0.2, 0.25) is 17.7 Å². The van der Waals surface area contributed by atoms with Gasteiger partial charge in [0, 0.05) is 44.9 Å². The number of amides is 2. The van der Waals surface area contributed by atoms with Crippen LogP contribution >= 0.6 is 0 Å². The van der Waals surface area contributed by atoms with Crippen LogP contribution in [-0.4, -0.2) is 58.6 Å². The van der Waals surface area contributed by atoms with E-state index >= 15 is 0 Å². The minimum absolute atomic E-state index is 0.0604. The Kier molecular flexibility index (Phi) is 4.95. The number of rotatable bonds is 4. The van der Waals surface area contributed by atoms with Gasteiger partial charge < -0.3 is 19.6 Å². The predicted molar refractivity (Wildman–Crippen MR) is 106 cm³/mol. The van der Waals surface area contributed by atoms with Crippen LogP contribution in [0.1, 0.15) is 57.3 Å². The molecule has 3 saturated heterocycles. The summed E-state index contributed by atoms with van der Waals surface area (Å²) in [6.45, 7) is 4.04. The number of hydrogen-bond acceptors (Lipinski definition) is 6. The minimum atomic E-state index is 0.0604. The first-order valence-corrected chi connectivity index (χ1v) is 11.2. The van der Waals surface area contributed by atoms with E-state index in [4.69, 9.17) is 4.52 Å². The standard InChI is InChI=1S/C21H31N5O3/c1-13-23-21(24-29-13)25-11-15-9-16(12-25)18(26-17(15)7-4-8-19(26)27)10-22-20(28)14-5-2-3-6-14/h14-18H,2-12H2,1H3,(H,22,28)/t15-,16+,17+,18+/m1/s1. The molecule has 1 N–H and O–H groups in total. The number of aromatic nitrogens is 2. The molecule has 4 aliphatic rings. The van der Waals surface area contributed by atoms with Crippen LogP contribution in [0.2, 0.25) is 0 Å². The van der Waals surface area contributed by atoms with E-state index in [1.165, 1.54) is 0 Å². The molecule has 1 aromatic rings. The highest BCUT2D eigenvalue weighted by molar-refractivity contribution is 5.80. The zero-order valence-electron chi connectivity index (χ0n) is 17.2. The Morgan fingerprint density at radius 2 is 1.97 bits per heavy atom. The number of carbonyl (C=O) groups excluding carboxylic acids is 2. The number of anilines is 1. The maximum Gasteiger partial charge on any atom is 0.266 e. The van der Waals surface area contributed by atoms with Crippen LogP contribution in [0.5, 0.6) is 0 Å². The van der Waals surface area contributed by atoms with Gasteiger partial charge in [-0.2, -0.15) is 4.98 Å². The maximum absolute atomic E-state index is 12.9. The number of carbonyl (C=O) groups is 2. The first-order chi connectivity index (χ1) is 14.1. The lowest BCUT2D eigenvalue weighted by molar-refractivity contribution is -0.149.